The van der Waals surface area contributed by atoms with Crippen molar-refractivity contribution in [1.82, 2.24) is 0 Å². The second-order valence-corrected chi connectivity index (χ2v) is 5.73. The average Bonchev–Trinajstić information content (AvgIpc) is 2.27. The summed E-state index contributed by atoms with van der Waals surface area (Å²) in [6.45, 7) is 6.97. The fraction of sp³-hybridized carbons (Fsp3) is 0.786. The Bertz CT molecular complexity index is 392. The number of hydrogen-bond acceptors (Lipinski definition) is 4. The first-order valence-corrected chi connectivity index (χ1v) is 6.88. The number of nitrogens with zero attached hydrogens (tertiary/aromatic N) is 2. The van der Waals surface area contributed by atoms with Gasteiger partial charge in [0.05, 0.1) is 6.10 Å². The van der Waals surface area contributed by atoms with Gasteiger partial charge in [0, 0.05) is 6.42 Å². The van der Waals surface area contributed by atoms with Gasteiger partial charge < -0.3 is 15.4 Å². The molecule has 0 aromatic rings. The number of ether oxygens (including phenoxy) is 1. The van der Waals surface area contributed by atoms with Gasteiger partial charge in [-0.2, -0.15) is 4.79 Å². The van der Waals surface area contributed by atoms with E-state index in [9.17, 15) is 14.7 Å². The van der Waals surface area contributed by atoms with Crippen LogP contribution in [0.3, 0.4) is 0 Å². The third-order valence-electron chi connectivity index (χ3n) is 2.52. The molecule has 0 fully saturated rings. The third-order valence-corrected chi connectivity index (χ3v) is 2.52. The van der Waals surface area contributed by atoms with Crippen LogP contribution in [0.25, 0.3) is 5.53 Å². The van der Waals surface area contributed by atoms with Crippen LogP contribution in [0.4, 0.5) is 0 Å². The summed E-state index contributed by atoms with van der Waals surface area (Å²) in [5.74, 6) is -1.70. The lowest BCUT2D eigenvalue weighted by Crippen LogP contribution is -2.35. The zero-order valence-corrected chi connectivity index (χ0v) is 12.7. The third kappa shape index (κ3) is 7.81. The molecule has 0 heterocycles. The van der Waals surface area contributed by atoms with Crippen LogP contribution < -0.4 is 0 Å². The van der Waals surface area contributed by atoms with E-state index in [-0.39, 0.29) is 6.42 Å². The summed E-state index contributed by atoms with van der Waals surface area (Å²) in [5.41, 5.74) is 7.32. The van der Waals surface area contributed by atoms with E-state index in [2.05, 4.69) is 4.79 Å². The Morgan fingerprint density at radius 3 is 2.35 bits per heavy atom. The fourth-order valence-electron chi connectivity index (χ4n) is 1.58. The largest absolute Gasteiger partial charge is 0.451 e. The topological polar surface area (TPSA) is 100 Å². The number of aliphatic hydroxyl groups excluding tert-OH is 1. The maximum absolute atomic E-state index is 11.8. The maximum atomic E-state index is 11.8. The summed E-state index contributed by atoms with van der Waals surface area (Å²) in [6.07, 6.45) is 2.19. The second kappa shape index (κ2) is 8.61. The molecular weight excluding hydrogens is 260 g/mol. The Hall–Kier alpha value is -1.52. The van der Waals surface area contributed by atoms with Gasteiger partial charge in [-0.25, -0.2) is 4.79 Å². The van der Waals surface area contributed by atoms with Crippen molar-refractivity contribution in [3.8, 4) is 0 Å². The smallest absolute Gasteiger partial charge is 0.441 e. The van der Waals surface area contributed by atoms with Gasteiger partial charge in [0.15, 0.2) is 0 Å². The number of carbonyl (C=O) groups excluding carboxylic acids is 2. The molecule has 0 saturated carbocycles. The molecule has 0 aromatic heterocycles. The van der Waals surface area contributed by atoms with E-state index < -0.39 is 29.2 Å². The molecule has 0 aliphatic carbocycles. The molecule has 0 aliphatic heterocycles. The van der Waals surface area contributed by atoms with Gasteiger partial charge in [-0.15, -0.1) is 0 Å². The number of hydrogen-bond donors (Lipinski definition) is 1. The summed E-state index contributed by atoms with van der Waals surface area (Å²) in [5, 5.41) is 9.70. The molecule has 0 spiro atoms. The predicted octanol–water partition coefficient (Wildman–Crippen LogP) is 1.90. The SMILES string of the molecule is CCCCCC(O)CC(=O)C(=[N+]=[N-])C(=O)OC(C)(C)C. The number of ketones is 1. The van der Waals surface area contributed by atoms with Gasteiger partial charge in [0.1, 0.15) is 5.60 Å². The molecule has 114 valence electrons. The van der Waals surface area contributed by atoms with E-state index in [0.29, 0.717) is 6.42 Å². The quantitative estimate of drug-likeness (QED) is 0.184. The maximum Gasteiger partial charge on any atom is 0.441 e. The molecule has 0 amide bonds. The van der Waals surface area contributed by atoms with E-state index in [0.717, 1.165) is 19.3 Å². The first-order valence-electron chi connectivity index (χ1n) is 6.88. The molecule has 0 aromatic carbocycles. The Labute approximate surface area is 119 Å². The standard InChI is InChI=1S/C14H24N2O4/c1-5-6-7-8-10(17)9-11(18)12(16-15)13(19)20-14(2,3)4/h10,17H,5-9H2,1-4H3. The molecule has 0 bridgehead atoms. The number of rotatable bonds is 8. The van der Waals surface area contributed by atoms with Crippen molar-refractivity contribution in [2.24, 2.45) is 0 Å². The van der Waals surface area contributed by atoms with Crippen molar-refractivity contribution in [2.75, 3.05) is 0 Å². The molecule has 1 atom stereocenters. The Morgan fingerprint density at radius 1 is 1.30 bits per heavy atom. The highest BCUT2D eigenvalue weighted by atomic mass is 16.6. The fourth-order valence-corrected chi connectivity index (χ4v) is 1.58. The summed E-state index contributed by atoms with van der Waals surface area (Å²) in [6, 6.07) is 0. The van der Waals surface area contributed by atoms with Crippen molar-refractivity contribution in [2.45, 2.75) is 71.5 Å². The van der Waals surface area contributed by atoms with Gasteiger partial charge in [-0.1, -0.05) is 26.2 Å². The van der Waals surface area contributed by atoms with Gasteiger partial charge in [0.2, 0.25) is 0 Å². The lowest BCUT2D eigenvalue weighted by molar-refractivity contribution is -0.152. The first kappa shape index (κ1) is 18.5. The average molecular weight is 284 g/mol. The van der Waals surface area contributed by atoms with Gasteiger partial charge in [0.25, 0.3) is 5.78 Å². The van der Waals surface area contributed by atoms with Crippen molar-refractivity contribution in [3.63, 3.8) is 0 Å². The highest BCUT2D eigenvalue weighted by Crippen LogP contribution is 2.10. The molecule has 20 heavy (non-hydrogen) atoms. The second-order valence-electron chi connectivity index (χ2n) is 5.73. The molecule has 0 radical (unpaired) electrons. The van der Waals surface area contributed by atoms with Crippen molar-refractivity contribution in [1.29, 1.82) is 0 Å². The first-order chi connectivity index (χ1) is 9.21. The van der Waals surface area contributed by atoms with Crippen molar-refractivity contribution < 1.29 is 24.2 Å². The minimum Gasteiger partial charge on any atom is -0.451 e. The van der Waals surface area contributed by atoms with Crippen molar-refractivity contribution >= 4 is 17.5 Å². The Kier molecular flexibility index (Phi) is 7.96. The lowest BCUT2D eigenvalue weighted by Gasteiger charge is -2.17. The predicted molar refractivity (Wildman–Crippen MR) is 74.2 cm³/mol. The highest BCUT2D eigenvalue weighted by Gasteiger charge is 2.34. The number of Topliss-reactive ketones (excluding diaryl/α,β-unsaturated/α-hetero) is 1. The van der Waals surface area contributed by atoms with Crippen LogP contribution in [-0.2, 0) is 14.3 Å². The number of aliphatic hydroxyl groups is 1. The van der Waals surface area contributed by atoms with Gasteiger partial charge in [-0.05, 0) is 27.2 Å². The summed E-state index contributed by atoms with van der Waals surface area (Å²) in [4.78, 5) is 26.2. The summed E-state index contributed by atoms with van der Waals surface area (Å²) in [7, 11) is 0. The van der Waals surface area contributed by atoms with Gasteiger partial charge in [-0.3, -0.25) is 4.79 Å². The summed E-state index contributed by atoms with van der Waals surface area (Å²) < 4.78 is 4.96. The van der Waals surface area contributed by atoms with Crippen LogP contribution in [0.1, 0.15) is 59.8 Å². The van der Waals surface area contributed by atoms with Crippen LogP contribution in [0.5, 0.6) is 0 Å². The van der Waals surface area contributed by atoms with Crippen molar-refractivity contribution in [3.05, 3.63) is 5.53 Å². The number of unbranched alkanes of at least 4 members (excludes halogenated alkanes) is 2. The lowest BCUT2D eigenvalue weighted by atomic mass is 10.0. The van der Waals surface area contributed by atoms with E-state index in [4.69, 9.17) is 10.3 Å². The highest BCUT2D eigenvalue weighted by molar-refractivity contribution is 6.62. The van der Waals surface area contributed by atoms with E-state index in [1.807, 2.05) is 6.92 Å². The molecule has 1 N–H and O–H groups in total. The molecule has 1 unspecified atom stereocenters. The zero-order valence-electron chi connectivity index (χ0n) is 12.7. The molecule has 0 saturated heterocycles. The summed E-state index contributed by atoms with van der Waals surface area (Å²) >= 11 is 0. The molecule has 0 aliphatic rings. The van der Waals surface area contributed by atoms with Crippen LogP contribution in [-0.4, -0.2) is 39.1 Å². The van der Waals surface area contributed by atoms with Crippen LogP contribution in [0.2, 0.25) is 0 Å². The minimum atomic E-state index is -0.981. The number of esters is 1. The minimum absolute atomic E-state index is 0.248. The van der Waals surface area contributed by atoms with E-state index >= 15 is 0 Å². The van der Waals surface area contributed by atoms with E-state index in [1.165, 1.54) is 0 Å². The monoisotopic (exact) mass is 284 g/mol. The Morgan fingerprint density at radius 2 is 1.90 bits per heavy atom. The van der Waals surface area contributed by atoms with Gasteiger partial charge >= 0.3 is 11.7 Å². The van der Waals surface area contributed by atoms with Crippen LogP contribution in [0, 0.1) is 0 Å². The molecule has 6 heteroatoms. The molecular formula is C14H24N2O4. The molecule has 6 nitrogen and oxygen atoms in total. The van der Waals surface area contributed by atoms with Crippen LogP contribution >= 0.6 is 0 Å². The Balaban J connectivity index is 4.50. The molecule has 0 rings (SSSR count). The van der Waals surface area contributed by atoms with Crippen LogP contribution in [0.15, 0.2) is 0 Å². The zero-order chi connectivity index (χ0) is 15.8. The number of carbonyl (C=O) groups is 2. The van der Waals surface area contributed by atoms with E-state index in [1.54, 1.807) is 20.8 Å². The normalized spacial score (nSPS) is 12.4.